The third kappa shape index (κ3) is 1.52. The van der Waals surface area contributed by atoms with Crippen LogP contribution in [-0.2, 0) is 4.74 Å². The molecule has 1 aliphatic rings. The van der Waals surface area contributed by atoms with Crippen LogP contribution in [0.5, 0.6) is 0 Å². The number of rotatable bonds is 1. The SMILES string of the molecule is Clc1cccc2[nH]c(C3CCOC3)nc12. The van der Waals surface area contributed by atoms with Gasteiger partial charge in [0, 0.05) is 12.5 Å². The van der Waals surface area contributed by atoms with Crippen LogP contribution in [0.1, 0.15) is 18.2 Å². The molecule has 1 atom stereocenters. The first-order valence-corrected chi connectivity index (χ1v) is 5.44. The first kappa shape index (κ1) is 9.19. The van der Waals surface area contributed by atoms with E-state index in [0.717, 1.165) is 36.5 Å². The molecule has 1 saturated heterocycles. The minimum atomic E-state index is 0.397. The molecule has 1 fully saturated rings. The van der Waals surface area contributed by atoms with Gasteiger partial charge in [0.15, 0.2) is 0 Å². The Balaban J connectivity index is 2.09. The van der Waals surface area contributed by atoms with Crippen LogP contribution in [0.25, 0.3) is 11.0 Å². The molecule has 0 amide bonds. The lowest BCUT2D eigenvalue weighted by atomic mass is 10.1. The number of ether oxygens (including phenoxy) is 1. The maximum atomic E-state index is 6.06. The summed E-state index contributed by atoms with van der Waals surface area (Å²) in [6.45, 7) is 1.59. The average Bonchev–Trinajstić information content (AvgIpc) is 2.86. The first-order valence-electron chi connectivity index (χ1n) is 5.06. The molecule has 0 saturated carbocycles. The molecule has 78 valence electrons. The largest absolute Gasteiger partial charge is 0.381 e. The van der Waals surface area contributed by atoms with Crippen LogP contribution in [0.4, 0.5) is 0 Å². The van der Waals surface area contributed by atoms with Crippen LogP contribution in [-0.4, -0.2) is 23.2 Å². The van der Waals surface area contributed by atoms with E-state index in [4.69, 9.17) is 16.3 Å². The Hall–Kier alpha value is -1.06. The lowest BCUT2D eigenvalue weighted by Gasteiger charge is -2.00. The lowest BCUT2D eigenvalue weighted by molar-refractivity contribution is 0.193. The van der Waals surface area contributed by atoms with Gasteiger partial charge >= 0.3 is 0 Å². The van der Waals surface area contributed by atoms with E-state index in [9.17, 15) is 0 Å². The third-order valence-corrected chi connectivity index (χ3v) is 3.10. The Morgan fingerprint density at radius 2 is 2.40 bits per heavy atom. The molecule has 1 aromatic heterocycles. The van der Waals surface area contributed by atoms with Crippen molar-refractivity contribution < 1.29 is 4.74 Å². The quantitative estimate of drug-likeness (QED) is 0.806. The number of H-pyrrole nitrogens is 1. The maximum Gasteiger partial charge on any atom is 0.112 e. The van der Waals surface area contributed by atoms with E-state index in [0.29, 0.717) is 10.9 Å². The zero-order chi connectivity index (χ0) is 10.3. The molecule has 1 aromatic carbocycles. The molecule has 0 aliphatic carbocycles. The normalized spacial score (nSPS) is 21.3. The fourth-order valence-corrected chi connectivity index (χ4v) is 2.18. The van der Waals surface area contributed by atoms with Crippen molar-refractivity contribution in [3.63, 3.8) is 0 Å². The van der Waals surface area contributed by atoms with Crippen LogP contribution in [0.2, 0.25) is 5.02 Å². The number of fused-ring (bicyclic) bond motifs is 1. The Bertz CT molecular complexity index is 488. The standard InChI is InChI=1S/C11H11ClN2O/c12-8-2-1-3-9-10(8)14-11(13-9)7-4-5-15-6-7/h1-3,7H,4-6H2,(H,13,14). The number of hydrogen-bond donors (Lipinski definition) is 1. The predicted molar refractivity (Wildman–Crippen MR) is 59.3 cm³/mol. The zero-order valence-corrected chi connectivity index (χ0v) is 8.92. The third-order valence-electron chi connectivity index (χ3n) is 2.80. The van der Waals surface area contributed by atoms with Gasteiger partial charge < -0.3 is 9.72 Å². The summed E-state index contributed by atoms with van der Waals surface area (Å²) < 4.78 is 5.34. The molecule has 3 rings (SSSR count). The van der Waals surface area contributed by atoms with Crippen LogP contribution in [0.15, 0.2) is 18.2 Å². The molecular formula is C11H11ClN2O. The first-order chi connectivity index (χ1) is 7.34. The van der Waals surface area contributed by atoms with Gasteiger partial charge in [-0.15, -0.1) is 0 Å². The maximum absolute atomic E-state index is 6.06. The van der Waals surface area contributed by atoms with Crippen molar-refractivity contribution in [3.8, 4) is 0 Å². The van der Waals surface area contributed by atoms with Crippen molar-refractivity contribution in [3.05, 3.63) is 29.0 Å². The second kappa shape index (κ2) is 3.51. The number of imidazole rings is 1. The van der Waals surface area contributed by atoms with E-state index in [1.165, 1.54) is 0 Å². The van der Waals surface area contributed by atoms with Gasteiger partial charge in [-0.1, -0.05) is 17.7 Å². The molecule has 1 aliphatic heterocycles. The van der Waals surface area contributed by atoms with E-state index < -0.39 is 0 Å². The minimum Gasteiger partial charge on any atom is -0.381 e. The number of nitrogens with one attached hydrogen (secondary N) is 1. The molecule has 1 unspecified atom stereocenters. The number of aromatic nitrogens is 2. The van der Waals surface area contributed by atoms with Gasteiger partial charge in [0.2, 0.25) is 0 Å². The summed E-state index contributed by atoms with van der Waals surface area (Å²) in [4.78, 5) is 7.83. The van der Waals surface area contributed by atoms with Crippen molar-refractivity contribution in [2.75, 3.05) is 13.2 Å². The van der Waals surface area contributed by atoms with Crippen molar-refractivity contribution in [2.24, 2.45) is 0 Å². The highest BCUT2D eigenvalue weighted by atomic mass is 35.5. The van der Waals surface area contributed by atoms with Gasteiger partial charge in [0.25, 0.3) is 0 Å². The molecule has 4 heteroatoms. The Labute approximate surface area is 92.4 Å². The molecule has 0 radical (unpaired) electrons. The minimum absolute atomic E-state index is 0.397. The van der Waals surface area contributed by atoms with Crippen molar-refractivity contribution in [1.82, 2.24) is 9.97 Å². The molecule has 3 nitrogen and oxygen atoms in total. The van der Waals surface area contributed by atoms with E-state index in [-0.39, 0.29) is 0 Å². The van der Waals surface area contributed by atoms with Gasteiger partial charge in [0.05, 0.1) is 17.1 Å². The molecule has 0 bridgehead atoms. The van der Waals surface area contributed by atoms with Crippen molar-refractivity contribution >= 4 is 22.6 Å². The number of aromatic amines is 1. The van der Waals surface area contributed by atoms with E-state index in [2.05, 4.69) is 9.97 Å². The number of nitrogens with zero attached hydrogens (tertiary/aromatic N) is 1. The van der Waals surface area contributed by atoms with E-state index in [1.54, 1.807) is 0 Å². The smallest absolute Gasteiger partial charge is 0.112 e. The van der Waals surface area contributed by atoms with E-state index in [1.807, 2.05) is 18.2 Å². The van der Waals surface area contributed by atoms with Crippen LogP contribution in [0, 0.1) is 0 Å². The van der Waals surface area contributed by atoms with Crippen LogP contribution >= 0.6 is 11.6 Å². The number of hydrogen-bond acceptors (Lipinski definition) is 2. The summed E-state index contributed by atoms with van der Waals surface area (Å²) in [6.07, 6.45) is 1.04. The van der Waals surface area contributed by atoms with Gasteiger partial charge in [-0.25, -0.2) is 4.98 Å². The van der Waals surface area contributed by atoms with Crippen LogP contribution in [0.3, 0.4) is 0 Å². The van der Waals surface area contributed by atoms with Gasteiger partial charge in [0.1, 0.15) is 11.3 Å². The average molecular weight is 223 g/mol. The molecular weight excluding hydrogens is 212 g/mol. The second-order valence-electron chi connectivity index (χ2n) is 3.82. The fraction of sp³-hybridized carbons (Fsp3) is 0.364. The molecule has 15 heavy (non-hydrogen) atoms. The van der Waals surface area contributed by atoms with Gasteiger partial charge in [-0.05, 0) is 18.6 Å². The van der Waals surface area contributed by atoms with Gasteiger partial charge in [-0.2, -0.15) is 0 Å². The van der Waals surface area contributed by atoms with Gasteiger partial charge in [-0.3, -0.25) is 0 Å². The highest BCUT2D eigenvalue weighted by Gasteiger charge is 2.21. The number of halogens is 1. The topological polar surface area (TPSA) is 37.9 Å². The second-order valence-corrected chi connectivity index (χ2v) is 4.23. The number of benzene rings is 1. The molecule has 1 N–H and O–H groups in total. The summed E-state index contributed by atoms with van der Waals surface area (Å²) >= 11 is 6.06. The lowest BCUT2D eigenvalue weighted by Crippen LogP contribution is -1.99. The zero-order valence-electron chi connectivity index (χ0n) is 8.16. The van der Waals surface area contributed by atoms with Crippen molar-refractivity contribution in [2.45, 2.75) is 12.3 Å². The monoisotopic (exact) mass is 222 g/mol. The summed E-state index contributed by atoms with van der Waals surface area (Å²) in [5.74, 6) is 1.39. The summed E-state index contributed by atoms with van der Waals surface area (Å²) in [5, 5.41) is 0.703. The predicted octanol–water partition coefficient (Wildman–Crippen LogP) is 2.72. The molecule has 0 spiro atoms. The Morgan fingerprint density at radius 3 is 3.13 bits per heavy atom. The number of para-hydroxylation sites is 1. The Morgan fingerprint density at radius 1 is 1.47 bits per heavy atom. The van der Waals surface area contributed by atoms with Crippen molar-refractivity contribution in [1.29, 1.82) is 0 Å². The van der Waals surface area contributed by atoms with E-state index >= 15 is 0 Å². The summed E-state index contributed by atoms with van der Waals surface area (Å²) in [5.41, 5.74) is 1.87. The molecule has 2 aromatic rings. The highest BCUT2D eigenvalue weighted by Crippen LogP contribution is 2.27. The Kier molecular flexibility index (Phi) is 2.15. The highest BCUT2D eigenvalue weighted by molar-refractivity contribution is 6.34. The van der Waals surface area contributed by atoms with Crippen LogP contribution < -0.4 is 0 Å². The molecule has 2 heterocycles. The summed E-state index contributed by atoms with van der Waals surface area (Å²) in [6, 6.07) is 5.78. The summed E-state index contributed by atoms with van der Waals surface area (Å²) in [7, 11) is 0. The fourth-order valence-electron chi connectivity index (χ4n) is 1.96.